The van der Waals surface area contributed by atoms with Gasteiger partial charge in [0, 0.05) is 48.5 Å². The van der Waals surface area contributed by atoms with Crippen LogP contribution in [0.15, 0.2) is 35.7 Å². The molecule has 1 aliphatic heterocycles. The number of hydrogen-bond donors (Lipinski definition) is 0. The lowest BCUT2D eigenvalue weighted by molar-refractivity contribution is 0.313. The van der Waals surface area contributed by atoms with E-state index in [1.165, 1.54) is 6.07 Å². The lowest BCUT2D eigenvalue weighted by Crippen LogP contribution is -2.44. The maximum absolute atomic E-state index is 14.3. The van der Waals surface area contributed by atoms with E-state index in [4.69, 9.17) is 4.98 Å². The monoisotopic (exact) mass is 370 g/mol. The number of thiazole rings is 1. The van der Waals surface area contributed by atoms with Gasteiger partial charge in [-0.15, -0.1) is 11.3 Å². The smallest absolute Gasteiger partial charge is 0.185 e. The first-order chi connectivity index (χ1) is 12.5. The Balaban J connectivity index is 1.68. The number of hydrogen-bond acceptors (Lipinski definition) is 4. The van der Waals surface area contributed by atoms with E-state index in [-0.39, 0.29) is 5.82 Å². The molecule has 0 amide bonds. The molecule has 0 bridgehead atoms. The number of rotatable bonds is 3. The molecular formula is C20H23FN4S. The first-order valence-corrected chi connectivity index (χ1v) is 9.76. The van der Waals surface area contributed by atoms with Crippen LogP contribution in [0, 0.1) is 19.7 Å². The summed E-state index contributed by atoms with van der Waals surface area (Å²) in [5, 5.41) is 3.19. The van der Waals surface area contributed by atoms with E-state index in [2.05, 4.69) is 28.3 Å². The van der Waals surface area contributed by atoms with Gasteiger partial charge in [-0.25, -0.2) is 9.37 Å². The Morgan fingerprint density at radius 2 is 1.81 bits per heavy atom. The number of likely N-dealkylation sites (N-methyl/N-ethyl adjacent to an activating group) is 1. The molecule has 1 aromatic carbocycles. The Kier molecular flexibility index (Phi) is 4.54. The molecule has 6 heteroatoms. The highest BCUT2D eigenvalue weighted by molar-refractivity contribution is 7.14. The first kappa shape index (κ1) is 17.2. The molecule has 0 saturated carbocycles. The van der Waals surface area contributed by atoms with Crippen molar-refractivity contribution in [1.82, 2.24) is 14.5 Å². The molecule has 3 heterocycles. The summed E-state index contributed by atoms with van der Waals surface area (Å²) in [5.74, 6) is -0.211. The van der Waals surface area contributed by atoms with Crippen molar-refractivity contribution < 1.29 is 4.39 Å². The first-order valence-electron chi connectivity index (χ1n) is 8.88. The van der Waals surface area contributed by atoms with E-state index in [0.29, 0.717) is 5.69 Å². The molecule has 26 heavy (non-hydrogen) atoms. The number of anilines is 1. The predicted molar refractivity (Wildman–Crippen MR) is 106 cm³/mol. The molecule has 0 unspecified atom stereocenters. The van der Waals surface area contributed by atoms with E-state index < -0.39 is 0 Å². The highest BCUT2D eigenvalue weighted by Gasteiger charge is 2.20. The average Bonchev–Trinajstić information content (AvgIpc) is 3.22. The SMILES string of the molecule is Cc1cc(-c2csc(N3CCN(C)CC3)n2)c(C)n1-c1ccccc1F. The maximum Gasteiger partial charge on any atom is 0.185 e. The molecule has 4 rings (SSSR count). The molecule has 0 atom stereocenters. The van der Waals surface area contributed by atoms with Crippen LogP contribution in [0.1, 0.15) is 11.4 Å². The van der Waals surface area contributed by atoms with Gasteiger partial charge in [0.05, 0.1) is 11.4 Å². The third-order valence-corrected chi connectivity index (χ3v) is 5.97. The van der Waals surface area contributed by atoms with Gasteiger partial charge < -0.3 is 14.4 Å². The number of aryl methyl sites for hydroxylation is 1. The molecule has 1 aliphatic rings. The van der Waals surface area contributed by atoms with Gasteiger partial charge in [-0.3, -0.25) is 0 Å². The Morgan fingerprint density at radius 1 is 1.08 bits per heavy atom. The van der Waals surface area contributed by atoms with E-state index in [1.54, 1.807) is 17.4 Å². The van der Waals surface area contributed by atoms with Crippen LogP contribution in [0.2, 0.25) is 0 Å². The van der Waals surface area contributed by atoms with Crippen molar-refractivity contribution in [2.75, 3.05) is 38.1 Å². The Labute approximate surface area is 157 Å². The largest absolute Gasteiger partial charge is 0.346 e. The molecule has 1 saturated heterocycles. The number of aromatic nitrogens is 2. The van der Waals surface area contributed by atoms with Crippen molar-refractivity contribution in [3.8, 4) is 16.9 Å². The van der Waals surface area contributed by atoms with Crippen molar-refractivity contribution >= 4 is 16.5 Å². The topological polar surface area (TPSA) is 24.3 Å². The second-order valence-corrected chi connectivity index (χ2v) is 7.71. The number of nitrogens with zero attached hydrogens (tertiary/aromatic N) is 4. The zero-order chi connectivity index (χ0) is 18.3. The quantitative estimate of drug-likeness (QED) is 0.693. The lowest BCUT2D eigenvalue weighted by Gasteiger charge is -2.32. The van der Waals surface area contributed by atoms with E-state index >= 15 is 0 Å². The van der Waals surface area contributed by atoms with Gasteiger partial charge in [0.15, 0.2) is 5.13 Å². The summed E-state index contributed by atoms with van der Waals surface area (Å²) in [7, 11) is 2.15. The highest BCUT2D eigenvalue weighted by Crippen LogP contribution is 2.33. The number of benzene rings is 1. The standard InChI is InChI=1S/C20H23FN4S/c1-14-12-16(15(2)25(14)19-7-5-4-6-17(19)21)18-13-26-20(22-18)24-10-8-23(3)9-11-24/h4-7,12-13H,8-11H2,1-3H3. The van der Waals surface area contributed by atoms with Gasteiger partial charge >= 0.3 is 0 Å². The van der Waals surface area contributed by atoms with E-state index in [0.717, 1.165) is 54.0 Å². The zero-order valence-electron chi connectivity index (χ0n) is 15.4. The molecule has 136 valence electrons. The van der Waals surface area contributed by atoms with Crippen molar-refractivity contribution in [2.45, 2.75) is 13.8 Å². The zero-order valence-corrected chi connectivity index (χ0v) is 16.2. The number of halogens is 1. The number of piperazine rings is 1. The van der Waals surface area contributed by atoms with Gasteiger partial charge in [-0.05, 0) is 39.1 Å². The maximum atomic E-state index is 14.3. The second-order valence-electron chi connectivity index (χ2n) is 6.88. The van der Waals surface area contributed by atoms with Crippen LogP contribution >= 0.6 is 11.3 Å². The highest BCUT2D eigenvalue weighted by atomic mass is 32.1. The third-order valence-electron chi connectivity index (χ3n) is 5.07. The van der Waals surface area contributed by atoms with Crippen LogP contribution in [0.5, 0.6) is 0 Å². The number of para-hydroxylation sites is 1. The van der Waals surface area contributed by atoms with Crippen molar-refractivity contribution in [2.24, 2.45) is 0 Å². The Hall–Kier alpha value is -2.18. The summed E-state index contributed by atoms with van der Waals surface area (Å²) < 4.78 is 16.3. The van der Waals surface area contributed by atoms with Crippen LogP contribution < -0.4 is 4.90 Å². The molecule has 0 N–H and O–H groups in total. The molecule has 3 aromatic rings. The summed E-state index contributed by atoms with van der Waals surface area (Å²) in [5.41, 5.74) is 4.66. The lowest BCUT2D eigenvalue weighted by atomic mass is 10.2. The Bertz CT molecular complexity index is 922. The average molecular weight is 370 g/mol. The molecule has 0 aliphatic carbocycles. The van der Waals surface area contributed by atoms with Crippen LogP contribution in [-0.2, 0) is 0 Å². The van der Waals surface area contributed by atoms with Crippen LogP contribution in [-0.4, -0.2) is 47.7 Å². The molecule has 0 spiro atoms. The van der Waals surface area contributed by atoms with Gasteiger partial charge in [-0.1, -0.05) is 12.1 Å². The van der Waals surface area contributed by atoms with Crippen LogP contribution in [0.25, 0.3) is 16.9 Å². The van der Waals surface area contributed by atoms with Gasteiger partial charge in [0.2, 0.25) is 0 Å². The summed E-state index contributed by atoms with van der Waals surface area (Å²) in [6.45, 7) is 8.20. The van der Waals surface area contributed by atoms with Crippen LogP contribution in [0.3, 0.4) is 0 Å². The summed E-state index contributed by atoms with van der Waals surface area (Å²) >= 11 is 1.69. The summed E-state index contributed by atoms with van der Waals surface area (Å²) in [6, 6.07) is 9.00. The summed E-state index contributed by atoms with van der Waals surface area (Å²) in [4.78, 5) is 9.57. The van der Waals surface area contributed by atoms with E-state index in [9.17, 15) is 4.39 Å². The minimum Gasteiger partial charge on any atom is -0.346 e. The summed E-state index contributed by atoms with van der Waals surface area (Å²) in [6.07, 6.45) is 0. The molecular weight excluding hydrogens is 347 g/mol. The fourth-order valence-corrected chi connectivity index (χ4v) is 4.44. The van der Waals surface area contributed by atoms with Gasteiger partial charge in [-0.2, -0.15) is 0 Å². The van der Waals surface area contributed by atoms with Crippen molar-refractivity contribution in [3.63, 3.8) is 0 Å². The third kappa shape index (κ3) is 3.04. The predicted octanol–water partition coefficient (Wildman–Crippen LogP) is 4.11. The molecule has 4 nitrogen and oxygen atoms in total. The normalized spacial score (nSPS) is 15.6. The second kappa shape index (κ2) is 6.85. The fourth-order valence-electron chi connectivity index (χ4n) is 3.56. The van der Waals surface area contributed by atoms with Crippen molar-refractivity contribution in [3.05, 3.63) is 52.9 Å². The molecule has 0 radical (unpaired) electrons. The molecule has 1 fully saturated rings. The fraction of sp³-hybridized carbons (Fsp3) is 0.350. The van der Waals surface area contributed by atoms with Crippen LogP contribution in [0.4, 0.5) is 9.52 Å². The Morgan fingerprint density at radius 3 is 2.54 bits per heavy atom. The van der Waals surface area contributed by atoms with E-state index in [1.807, 2.05) is 30.5 Å². The minimum absolute atomic E-state index is 0.211. The van der Waals surface area contributed by atoms with Gasteiger partial charge in [0.25, 0.3) is 0 Å². The van der Waals surface area contributed by atoms with Crippen molar-refractivity contribution in [1.29, 1.82) is 0 Å². The van der Waals surface area contributed by atoms with Gasteiger partial charge in [0.1, 0.15) is 5.82 Å². The molecule has 2 aromatic heterocycles. The minimum atomic E-state index is -0.211.